The number of sulfonamides is 1. The number of likely N-dealkylation sites (tertiary alicyclic amines) is 1. The minimum atomic E-state index is -4.28. The summed E-state index contributed by atoms with van der Waals surface area (Å²) >= 11 is 1.45. The molecule has 1 N–H and O–H groups in total. The van der Waals surface area contributed by atoms with Crippen molar-refractivity contribution in [1.82, 2.24) is 14.5 Å². The molecular weight excluding hydrogens is 564 g/mol. The normalized spacial score (nSPS) is 20.2. The van der Waals surface area contributed by atoms with Crippen LogP contribution < -0.4 is 10.0 Å². The highest BCUT2D eigenvalue weighted by Gasteiger charge is 2.55. The van der Waals surface area contributed by atoms with Gasteiger partial charge in [0, 0.05) is 35.5 Å². The zero-order valence-corrected chi connectivity index (χ0v) is 24.7. The number of nitrogens with zero attached hydrogens (tertiary/aromatic N) is 3. The molecule has 3 unspecified atom stereocenters. The molecule has 0 aliphatic carbocycles. The Morgan fingerprint density at radius 2 is 1.85 bits per heavy atom. The summed E-state index contributed by atoms with van der Waals surface area (Å²) in [5.74, 6) is -1.28. The quantitative estimate of drug-likeness (QED) is 0.329. The van der Waals surface area contributed by atoms with Gasteiger partial charge in [-0.15, -0.1) is 11.3 Å². The van der Waals surface area contributed by atoms with E-state index in [1.54, 1.807) is 12.1 Å². The highest BCUT2D eigenvalue weighted by molar-refractivity contribution is 7.89. The van der Waals surface area contributed by atoms with Crippen molar-refractivity contribution in [3.05, 3.63) is 87.4 Å². The van der Waals surface area contributed by atoms with E-state index >= 15 is 0 Å². The van der Waals surface area contributed by atoms with Crippen LogP contribution in [-0.2, 0) is 31.4 Å². The number of carbonyl (C=O) groups excluding carboxylic acids is 3. The summed E-state index contributed by atoms with van der Waals surface area (Å²) in [6.07, 6.45) is 1.55. The number of benzene rings is 1. The highest BCUT2D eigenvalue weighted by Crippen LogP contribution is 2.34. The van der Waals surface area contributed by atoms with Crippen molar-refractivity contribution in [2.24, 2.45) is 0 Å². The van der Waals surface area contributed by atoms with E-state index in [-0.39, 0.29) is 29.5 Å². The maximum absolute atomic E-state index is 13.9. The lowest BCUT2D eigenvalue weighted by Gasteiger charge is -2.28. The first-order chi connectivity index (χ1) is 19.4. The molecule has 10 nitrogen and oxygen atoms in total. The Balaban J connectivity index is 1.38. The average molecular weight is 597 g/mol. The Bertz CT molecular complexity index is 1570. The zero-order chi connectivity index (χ0) is 29.5. The average Bonchev–Trinajstić information content (AvgIpc) is 3.67. The molecule has 1 aromatic carbocycles. The third-order valence-electron chi connectivity index (χ3n) is 7.62. The second kappa shape index (κ2) is 11.0. The molecule has 2 aromatic heterocycles. The van der Waals surface area contributed by atoms with Gasteiger partial charge in [0.1, 0.15) is 12.1 Å². The largest absolute Gasteiger partial charge is 0.618 e. The van der Waals surface area contributed by atoms with Crippen molar-refractivity contribution in [3.63, 3.8) is 0 Å². The number of carbonyl (C=O) groups is 3. The smallest absolute Gasteiger partial charge is 0.323 e. The standard InChI is InChI=1S/C29H32N4O6S2/c1-29(2,3)20-11-9-19(10-12-20)27(35)30-22(17-21-7-6-16-40-21)28(36)31-15-13-23-26(31)24(34)18-33(23)41(38,39)25-8-4-5-14-32(25)37/h4-12,14,16,22-23,26H,13,15,17-18H2,1-3H3,(H,30,35). The predicted molar refractivity (Wildman–Crippen MR) is 153 cm³/mol. The summed E-state index contributed by atoms with van der Waals surface area (Å²) in [6, 6.07) is 12.3. The maximum Gasteiger partial charge on any atom is 0.323 e. The molecule has 2 amide bonds. The van der Waals surface area contributed by atoms with Crippen LogP contribution in [0.25, 0.3) is 0 Å². The highest BCUT2D eigenvalue weighted by atomic mass is 32.2. The van der Waals surface area contributed by atoms with Crippen LogP contribution in [0.4, 0.5) is 0 Å². The Morgan fingerprint density at radius 3 is 2.49 bits per heavy atom. The van der Waals surface area contributed by atoms with Gasteiger partial charge in [-0.3, -0.25) is 14.4 Å². The van der Waals surface area contributed by atoms with Gasteiger partial charge in [-0.2, -0.15) is 9.04 Å². The maximum atomic E-state index is 13.9. The number of aromatic nitrogens is 1. The Morgan fingerprint density at radius 1 is 1.12 bits per heavy atom. The number of rotatable bonds is 7. The van der Waals surface area contributed by atoms with E-state index < -0.39 is 57.3 Å². The van der Waals surface area contributed by atoms with E-state index in [0.717, 1.165) is 20.9 Å². The fourth-order valence-corrected chi connectivity index (χ4v) is 7.87. The molecule has 216 valence electrons. The Hall–Kier alpha value is -3.61. The molecule has 2 aliphatic heterocycles. The first-order valence-corrected chi connectivity index (χ1v) is 15.7. The molecule has 41 heavy (non-hydrogen) atoms. The fourth-order valence-electron chi connectivity index (χ4n) is 5.47. The van der Waals surface area contributed by atoms with Crippen molar-refractivity contribution < 1.29 is 27.5 Å². The minimum Gasteiger partial charge on any atom is -0.618 e. The van der Waals surface area contributed by atoms with Crippen LogP contribution >= 0.6 is 11.3 Å². The molecule has 0 saturated carbocycles. The molecule has 0 spiro atoms. The topological polar surface area (TPSA) is 131 Å². The molecular formula is C29H32N4O6S2. The number of nitrogens with one attached hydrogen (secondary N) is 1. The number of thiophene rings is 1. The predicted octanol–water partition coefficient (Wildman–Crippen LogP) is 2.26. The molecule has 3 atom stereocenters. The lowest BCUT2D eigenvalue weighted by Crippen LogP contribution is -2.53. The number of fused-ring (bicyclic) bond motifs is 1. The van der Waals surface area contributed by atoms with Gasteiger partial charge in [-0.1, -0.05) is 39.0 Å². The van der Waals surface area contributed by atoms with Gasteiger partial charge < -0.3 is 15.4 Å². The Kier molecular flexibility index (Phi) is 7.75. The summed E-state index contributed by atoms with van der Waals surface area (Å²) in [5, 5.41) is 16.5. The van der Waals surface area contributed by atoms with E-state index in [4.69, 9.17) is 0 Å². The monoisotopic (exact) mass is 596 g/mol. The summed E-state index contributed by atoms with van der Waals surface area (Å²) in [5.41, 5.74) is 1.40. The third-order valence-corrected chi connectivity index (χ3v) is 10.4. The second-order valence-corrected chi connectivity index (χ2v) is 14.2. The summed E-state index contributed by atoms with van der Waals surface area (Å²) < 4.78 is 28.0. The number of pyridine rings is 1. The van der Waals surface area contributed by atoms with Gasteiger partial charge in [0.15, 0.2) is 12.0 Å². The molecule has 2 aliphatic rings. The van der Waals surface area contributed by atoms with Crippen LogP contribution in [-0.4, -0.2) is 66.4 Å². The molecule has 3 aromatic rings. The molecule has 4 heterocycles. The van der Waals surface area contributed by atoms with E-state index in [0.29, 0.717) is 5.56 Å². The minimum absolute atomic E-state index is 0.0807. The lowest BCUT2D eigenvalue weighted by atomic mass is 9.86. The molecule has 2 fully saturated rings. The van der Waals surface area contributed by atoms with Crippen LogP contribution in [0, 0.1) is 5.21 Å². The van der Waals surface area contributed by atoms with Crippen molar-refractivity contribution in [1.29, 1.82) is 0 Å². The molecule has 0 radical (unpaired) electrons. The van der Waals surface area contributed by atoms with Gasteiger partial charge in [0.25, 0.3) is 5.91 Å². The zero-order valence-electron chi connectivity index (χ0n) is 23.0. The number of hydrogen-bond donors (Lipinski definition) is 1. The van der Waals surface area contributed by atoms with Gasteiger partial charge in [0.05, 0.1) is 12.6 Å². The van der Waals surface area contributed by atoms with Gasteiger partial charge in [-0.25, -0.2) is 8.42 Å². The van der Waals surface area contributed by atoms with E-state index in [2.05, 4.69) is 26.1 Å². The van der Waals surface area contributed by atoms with Crippen LogP contribution in [0.2, 0.25) is 0 Å². The van der Waals surface area contributed by atoms with E-state index in [9.17, 15) is 28.0 Å². The third kappa shape index (κ3) is 5.64. The summed E-state index contributed by atoms with van der Waals surface area (Å²) in [6.45, 7) is 5.95. The van der Waals surface area contributed by atoms with Crippen molar-refractivity contribution >= 4 is 39.0 Å². The van der Waals surface area contributed by atoms with E-state index in [1.165, 1.54) is 34.4 Å². The first-order valence-electron chi connectivity index (χ1n) is 13.3. The van der Waals surface area contributed by atoms with Crippen molar-refractivity contribution in [3.8, 4) is 0 Å². The second-order valence-electron chi connectivity index (χ2n) is 11.4. The van der Waals surface area contributed by atoms with Gasteiger partial charge in [0.2, 0.25) is 5.91 Å². The van der Waals surface area contributed by atoms with Crippen LogP contribution in [0.15, 0.2) is 71.2 Å². The SMILES string of the molecule is CC(C)(C)c1ccc(C(=O)NC(Cc2cccs2)C(=O)N2CCC3C2C(=O)CN3S(=O)(=O)c2cccc[n+]2[O-])cc1. The number of hydrogen-bond acceptors (Lipinski definition) is 7. The van der Waals surface area contributed by atoms with Crippen molar-refractivity contribution in [2.75, 3.05) is 13.1 Å². The lowest BCUT2D eigenvalue weighted by molar-refractivity contribution is -0.646. The van der Waals surface area contributed by atoms with Gasteiger partial charge in [-0.05, 0) is 47.0 Å². The van der Waals surface area contributed by atoms with Crippen LogP contribution in [0.5, 0.6) is 0 Å². The summed E-state index contributed by atoms with van der Waals surface area (Å²) in [7, 11) is -4.28. The number of amides is 2. The molecule has 2 saturated heterocycles. The van der Waals surface area contributed by atoms with Crippen LogP contribution in [0.1, 0.15) is 48.0 Å². The van der Waals surface area contributed by atoms with Crippen molar-refractivity contribution in [2.45, 2.75) is 62.2 Å². The van der Waals surface area contributed by atoms with Crippen LogP contribution in [0.3, 0.4) is 0 Å². The Labute approximate surface area is 243 Å². The first kappa shape index (κ1) is 28.9. The molecule has 0 bridgehead atoms. The number of ketones is 1. The fraction of sp³-hybridized carbons (Fsp3) is 0.379. The van der Waals surface area contributed by atoms with Gasteiger partial charge >= 0.3 is 15.0 Å². The number of Topliss-reactive ketones (excluding diaryl/α,β-unsaturated/α-hetero) is 1. The van der Waals surface area contributed by atoms with E-state index in [1.807, 2.05) is 29.6 Å². The molecule has 5 rings (SSSR count). The summed E-state index contributed by atoms with van der Waals surface area (Å²) in [4.78, 5) is 42.6. The molecule has 12 heteroatoms.